The number of aryl methyl sites for hydroxylation is 4. The maximum absolute atomic E-state index is 12.6. The van der Waals surface area contributed by atoms with Gasteiger partial charge < -0.3 is 14.6 Å². The van der Waals surface area contributed by atoms with Crippen LogP contribution in [0.3, 0.4) is 0 Å². The topological polar surface area (TPSA) is 56.2 Å². The predicted molar refractivity (Wildman–Crippen MR) is 128 cm³/mol. The minimum Gasteiger partial charge on any atom is -0.493 e. The molecule has 0 radical (unpaired) electrons. The van der Waals surface area contributed by atoms with Crippen molar-refractivity contribution in [2.45, 2.75) is 40.3 Å². The first kappa shape index (κ1) is 21.6. The molecule has 5 nitrogen and oxygen atoms in total. The van der Waals surface area contributed by atoms with Gasteiger partial charge in [0.15, 0.2) is 0 Å². The van der Waals surface area contributed by atoms with Gasteiger partial charge in [-0.2, -0.15) is 0 Å². The minimum atomic E-state index is -0.0921. The Morgan fingerprint density at radius 3 is 2.59 bits per heavy atom. The van der Waals surface area contributed by atoms with Crippen LogP contribution < -0.4 is 10.1 Å². The number of carbonyl (C=O) groups is 1. The molecule has 0 saturated carbocycles. The van der Waals surface area contributed by atoms with E-state index in [9.17, 15) is 4.79 Å². The summed E-state index contributed by atoms with van der Waals surface area (Å²) in [4.78, 5) is 17.4. The third kappa shape index (κ3) is 4.99. The number of para-hydroxylation sites is 2. The van der Waals surface area contributed by atoms with Crippen LogP contribution >= 0.6 is 0 Å². The Hall–Kier alpha value is -3.60. The molecule has 164 valence electrons. The third-order valence-electron chi connectivity index (χ3n) is 5.53. The van der Waals surface area contributed by atoms with Gasteiger partial charge >= 0.3 is 0 Å². The number of hydrogen-bond acceptors (Lipinski definition) is 3. The van der Waals surface area contributed by atoms with Crippen LogP contribution in [-0.4, -0.2) is 22.1 Å². The third-order valence-corrected chi connectivity index (χ3v) is 5.53. The molecule has 1 amide bonds. The Morgan fingerprint density at radius 2 is 1.78 bits per heavy atom. The lowest BCUT2D eigenvalue weighted by Crippen LogP contribution is -2.25. The first-order valence-electron chi connectivity index (χ1n) is 11.0. The number of carbonyl (C=O) groups excluding carboxylic acids is 1. The van der Waals surface area contributed by atoms with Gasteiger partial charge in [-0.05, 0) is 63.1 Å². The number of nitrogens with zero attached hydrogens (tertiary/aromatic N) is 2. The zero-order valence-corrected chi connectivity index (χ0v) is 18.9. The van der Waals surface area contributed by atoms with E-state index in [1.165, 1.54) is 5.56 Å². The summed E-state index contributed by atoms with van der Waals surface area (Å²) in [6.45, 7) is 7.89. The summed E-state index contributed by atoms with van der Waals surface area (Å²) >= 11 is 0. The van der Waals surface area contributed by atoms with Crippen molar-refractivity contribution in [1.82, 2.24) is 14.9 Å². The zero-order valence-electron chi connectivity index (χ0n) is 18.9. The fourth-order valence-corrected chi connectivity index (χ4v) is 3.92. The average molecular weight is 428 g/mol. The van der Waals surface area contributed by atoms with E-state index in [2.05, 4.69) is 41.9 Å². The van der Waals surface area contributed by atoms with Crippen molar-refractivity contribution < 1.29 is 9.53 Å². The highest BCUT2D eigenvalue weighted by molar-refractivity contribution is 5.94. The first-order chi connectivity index (χ1) is 15.5. The van der Waals surface area contributed by atoms with Gasteiger partial charge in [0.25, 0.3) is 5.91 Å². The molecule has 0 saturated heterocycles. The average Bonchev–Trinajstić information content (AvgIpc) is 3.13. The summed E-state index contributed by atoms with van der Waals surface area (Å²) < 4.78 is 8.18. The highest BCUT2D eigenvalue weighted by Crippen LogP contribution is 2.20. The molecule has 4 rings (SSSR count). The van der Waals surface area contributed by atoms with Crippen LogP contribution in [0.4, 0.5) is 0 Å². The summed E-state index contributed by atoms with van der Waals surface area (Å²) in [7, 11) is 0. The normalized spacial score (nSPS) is 11.0. The number of amides is 1. The second-order valence-electron chi connectivity index (χ2n) is 8.19. The van der Waals surface area contributed by atoms with E-state index in [0.29, 0.717) is 18.7 Å². The number of aromatic nitrogens is 2. The van der Waals surface area contributed by atoms with Gasteiger partial charge in [-0.3, -0.25) is 4.79 Å². The summed E-state index contributed by atoms with van der Waals surface area (Å²) in [5, 5.41) is 3.02. The molecule has 1 N–H and O–H groups in total. The van der Waals surface area contributed by atoms with E-state index in [-0.39, 0.29) is 5.91 Å². The number of hydrogen-bond donors (Lipinski definition) is 1. The van der Waals surface area contributed by atoms with Crippen LogP contribution in [0.25, 0.3) is 11.0 Å². The molecule has 1 aromatic heterocycles. The molecule has 0 aliphatic heterocycles. The molecule has 1 heterocycles. The Labute approximate surface area is 189 Å². The number of nitrogens with one attached hydrogen (secondary N) is 1. The van der Waals surface area contributed by atoms with Gasteiger partial charge in [-0.1, -0.05) is 47.5 Å². The summed E-state index contributed by atoms with van der Waals surface area (Å²) in [6, 6.07) is 21.9. The van der Waals surface area contributed by atoms with E-state index in [4.69, 9.17) is 9.72 Å². The van der Waals surface area contributed by atoms with Gasteiger partial charge in [-0.25, -0.2) is 4.98 Å². The van der Waals surface area contributed by atoms with Crippen LogP contribution in [0.5, 0.6) is 5.75 Å². The van der Waals surface area contributed by atoms with Crippen molar-refractivity contribution in [2.75, 3.05) is 6.61 Å². The molecule has 4 aromatic rings. The van der Waals surface area contributed by atoms with Crippen LogP contribution in [0.1, 0.15) is 39.3 Å². The van der Waals surface area contributed by atoms with Crippen molar-refractivity contribution in [3.63, 3.8) is 0 Å². The number of imidazole rings is 1. The molecule has 5 heteroatoms. The van der Waals surface area contributed by atoms with Crippen LogP contribution in [-0.2, 0) is 13.1 Å². The molecule has 0 atom stereocenters. The molecule has 0 fully saturated rings. The van der Waals surface area contributed by atoms with Crippen molar-refractivity contribution in [3.8, 4) is 5.75 Å². The van der Waals surface area contributed by atoms with Crippen molar-refractivity contribution in [3.05, 3.63) is 94.8 Å². The highest BCUT2D eigenvalue weighted by Gasteiger charge is 2.12. The molecule has 32 heavy (non-hydrogen) atoms. The summed E-state index contributed by atoms with van der Waals surface area (Å²) in [5.74, 6) is 1.68. The predicted octanol–water partition coefficient (Wildman–Crippen LogP) is 5.36. The molecule has 0 unspecified atom stereocenters. The quantitative estimate of drug-likeness (QED) is 0.385. The number of rotatable bonds is 8. The maximum atomic E-state index is 12.6. The second-order valence-corrected chi connectivity index (χ2v) is 8.19. The first-order valence-corrected chi connectivity index (χ1v) is 11.0. The summed E-state index contributed by atoms with van der Waals surface area (Å²) in [5.41, 5.74) is 6.11. The monoisotopic (exact) mass is 427 g/mol. The molecule has 0 bridgehead atoms. The lowest BCUT2D eigenvalue weighted by Gasteiger charge is -2.12. The van der Waals surface area contributed by atoms with E-state index in [1.807, 2.05) is 55.5 Å². The molecular weight excluding hydrogens is 398 g/mol. The lowest BCUT2D eigenvalue weighted by molar-refractivity contribution is 0.0949. The minimum absolute atomic E-state index is 0.0921. The van der Waals surface area contributed by atoms with E-state index in [1.54, 1.807) is 0 Å². The number of ether oxygens (including phenoxy) is 1. The van der Waals surface area contributed by atoms with Gasteiger partial charge in [0, 0.05) is 12.1 Å². The second kappa shape index (κ2) is 9.69. The Balaban J connectivity index is 1.43. The smallest absolute Gasteiger partial charge is 0.251 e. The fourth-order valence-electron chi connectivity index (χ4n) is 3.92. The zero-order chi connectivity index (χ0) is 22.5. The largest absolute Gasteiger partial charge is 0.493 e. The highest BCUT2D eigenvalue weighted by atomic mass is 16.5. The molecule has 0 spiro atoms. The number of fused-ring (bicyclic) bond motifs is 1. The van der Waals surface area contributed by atoms with Crippen molar-refractivity contribution >= 4 is 16.9 Å². The van der Waals surface area contributed by atoms with Gasteiger partial charge in [0.1, 0.15) is 11.6 Å². The number of benzene rings is 3. The molecule has 0 aliphatic carbocycles. The van der Waals surface area contributed by atoms with Crippen molar-refractivity contribution in [1.29, 1.82) is 0 Å². The van der Waals surface area contributed by atoms with E-state index >= 15 is 0 Å². The summed E-state index contributed by atoms with van der Waals surface area (Å²) in [6.07, 6.45) is 0.840. The van der Waals surface area contributed by atoms with Gasteiger partial charge in [-0.15, -0.1) is 0 Å². The van der Waals surface area contributed by atoms with E-state index < -0.39 is 0 Å². The van der Waals surface area contributed by atoms with E-state index in [0.717, 1.165) is 46.7 Å². The SMILES string of the molecule is Cc1cccc(C(=O)NCc2nc3ccccc3n2CCCOc2ccc(C)cc2C)c1. The maximum Gasteiger partial charge on any atom is 0.251 e. The van der Waals surface area contributed by atoms with Crippen LogP contribution in [0.2, 0.25) is 0 Å². The Morgan fingerprint density at radius 1 is 0.969 bits per heavy atom. The molecule has 0 aliphatic rings. The Kier molecular flexibility index (Phi) is 6.55. The Bertz CT molecular complexity index is 1240. The van der Waals surface area contributed by atoms with Crippen LogP contribution in [0, 0.1) is 20.8 Å². The van der Waals surface area contributed by atoms with Crippen LogP contribution in [0.15, 0.2) is 66.7 Å². The standard InChI is InChI=1S/C27H29N3O2/c1-19-8-6-9-22(17-19)27(31)28-18-26-29-23-10-4-5-11-24(23)30(26)14-7-15-32-25-13-12-20(2)16-21(25)3/h4-6,8-13,16-17H,7,14-15,18H2,1-3H3,(H,28,31). The molecular formula is C27H29N3O2. The van der Waals surface area contributed by atoms with Gasteiger partial charge in [0.05, 0.1) is 24.2 Å². The molecule has 3 aromatic carbocycles. The fraction of sp³-hybridized carbons (Fsp3) is 0.259. The lowest BCUT2D eigenvalue weighted by atomic mass is 10.1. The van der Waals surface area contributed by atoms with Gasteiger partial charge in [0.2, 0.25) is 0 Å². The van der Waals surface area contributed by atoms with Crippen molar-refractivity contribution in [2.24, 2.45) is 0 Å².